The van der Waals surface area contributed by atoms with E-state index >= 15 is 0 Å². The Bertz CT molecular complexity index is 1560. The number of hydrogen-bond donors (Lipinski definition) is 2. The normalized spacial score (nSPS) is 20.8. The van der Waals surface area contributed by atoms with E-state index in [9.17, 15) is 32.8 Å². The second kappa shape index (κ2) is 9.41. The van der Waals surface area contributed by atoms with Gasteiger partial charge in [0, 0.05) is 31.8 Å². The number of imidazole rings is 1. The number of anilines is 1. The van der Waals surface area contributed by atoms with E-state index in [1.54, 1.807) is 24.3 Å². The second-order valence-corrected chi connectivity index (χ2v) is 10.4. The minimum atomic E-state index is -1.71. The summed E-state index contributed by atoms with van der Waals surface area (Å²) in [5.41, 5.74) is -0.521. The predicted octanol–water partition coefficient (Wildman–Crippen LogP) is 3.48. The van der Waals surface area contributed by atoms with Gasteiger partial charge >= 0.3 is 0 Å². The quantitative estimate of drug-likeness (QED) is 0.482. The maximum absolute atomic E-state index is 14.2. The SMILES string of the molecule is CC(C)C[C@@H](C(=O)N1C[C@]2(C[C@H]1C#N)C(=O)Nc1ccccc12)N(C)C(=O)c1nc2c(F)c(F)c(F)cc2[nH]1. The number of fused-ring (bicyclic) bond motifs is 3. The molecular weight excluding hydrogens is 513 g/mol. The fourth-order valence-electron chi connectivity index (χ4n) is 5.52. The number of para-hydroxylation sites is 1. The highest BCUT2D eigenvalue weighted by Crippen LogP contribution is 2.46. The topological polar surface area (TPSA) is 122 Å². The van der Waals surface area contributed by atoms with Crippen LogP contribution in [0, 0.1) is 34.7 Å². The van der Waals surface area contributed by atoms with Crippen LogP contribution >= 0.6 is 0 Å². The van der Waals surface area contributed by atoms with Crippen LogP contribution in [0.3, 0.4) is 0 Å². The molecule has 1 spiro atoms. The monoisotopic (exact) mass is 538 g/mol. The first-order chi connectivity index (χ1) is 18.5. The Labute approximate surface area is 221 Å². The summed E-state index contributed by atoms with van der Waals surface area (Å²) >= 11 is 0. The molecule has 0 saturated carbocycles. The summed E-state index contributed by atoms with van der Waals surface area (Å²) in [5.74, 6) is -6.78. The van der Waals surface area contributed by atoms with E-state index in [1.807, 2.05) is 13.8 Å². The molecule has 1 fully saturated rings. The first kappa shape index (κ1) is 26.2. The largest absolute Gasteiger partial charge is 0.334 e. The molecule has 3 amide bonds. The maximum atomic E-state index is 14.2. The van der Waals surface area contributed by atoms with Gasteiger partial charge in [0.05, 0.1) is 17.0 Å². The van der Waals surface area contributed by atoms with Gasteiger partial charge in [-0.25, -0.2) is 18.2 Å². The molecule has 5 rings (SSSR count). The Balaban J connectivity index is 1.47. The van der Waals surface area contributed by atoms with Crippen LogP contribution in [0.4, 0.5) is 18.9 Å². The van der Waals surface area contributed by atoms with E-state index in [-0.39, 0.29) is 36.7 Å². The van der Waals surface area contributed by atoms with Gasteiger partial charge in [-0.05, 0) is 24.0 Å². The molecule has 3 atom stereocenters. The zero-order chi connectivity index (χ0) is 28.2. The molecule has 0 bridgehead atoms. The fraction of sp³-hybridized carbons (Fsp3) is 0.370. The average Bonchev–Trinajstić information content (AvgIpc) is 3.59. The number of nitrogens with one attached hydrogen (secondary N) is 2. The molecule has 12 heteroatoms. The van der Waals surface area contributed by atoms with Crippen LogP contribution in [0.5, 0.6) is 0 Å². The zero-order valence-corrected chi connectivity index (χ0v) is 21.4. The number of nitrogens with zero attached hydrogens (tertiary/aromatic N) is 4. The number of H-pyrrole nitrogens is 1. The van der Waals surface area contributed by atoms with E-state index in [0.717, 1.165) is 4.90 Å². The number of halogens is 3. The molecule has 9 nitrogen and oxygen atoms in total. The van der Waals surface area contributed by atoms with Crippen molar-refractivity contribution in [2.24, 2.45) is 5.92 Å². The summed E-state index contributed by atoms with van der Waals surface area (Å²) in [6, 6.07) is 7.97. The molecule has 0 radical (unpaired) electrons. The Morgan fingerprint density at radius 3 is 2.67 bits per heavy atom. The van der Waals surface area contributed by atoms with Crippen molar-refractivity contribution >= 4 is 34.4 Å². The molecule has 0 aliphatic carbocycles. The molecule has 0 unspecified atom stereocenters. The molecule has 2 N–H and O–H groups in total. The number of aromatic amines is 1. The highest BCUT2D eigenvalue weighted by Gasteiger charge is 2.56. The maximum Gasteiger partial charge on any atom is 0.290 e. The van der Waals surface area contributed by atoms with Crippen LogP contribution in [0.15, 0.2) is 30.3 Å². The van der Waals surface area contributed by atoms with Crippen molar-refractivity contribution in [3.8, 4) is 6.07 Å². The molecule has 2 aromatic carbocycles. The Morgan fingerprint density at radius 2 is 1.97 bits per heavy atom. The summed E-state index contributed by atoms with van der Waals surface area (Å²) in [6.07, 6.45) is 0.313. The van der Waals surface area contributed by atoms with Crippen LogP contribution in [0.1, 0.15) is 42.9 Å². The minimum Gasteiger partial charge on any atom is -0.334 e. The van der Waals surface area contributed by atoms with Crippen LogP contribution in [0.25, 0.3) is 11.0 Å². The minimum absolute atomic E-state index is 0.0437. The predicted molar refractivity (Wildman–Crippen MR) is 134 cm³/mol. The number of likely N-dealkylation sites (N-methyl/N-ethyl adjacent to an activating group) is 1. The van der Waals surface area contributed by atoms with Crippen molar-refractivity contribution in [2.75, 3.05) is 18.9 Å². The molecule has 3 heterocycles. The lowest BCUT2D eigenvalue weighted by Gasteiger charge is -2.33. The van der Waals surface area contributed by atoms with Gasteiger partial charge in [-0.2, -0.15) is 5.26 Å². The Kier molecular flexibility index (Phi) is 6.33. The summed E-state index contributed by atoms with van der Waals surface area (Å²) in [4.78, 5) is 49.2. The van der Waals surface area contributed by atoms with Crippen LogP contribution in [-0.2, 0) is 15.0 Å². The van der Waals surface area contributed by atoms with Crippen molar-refractivity contribution in [1.82, 2.24) is 19.8 Å². The first-order valence-electron chi connectivity index (χ1n) is 12.4. The van der Waals surface area contributed by atoms with Crippen LogP contribution in [0.2, 0.25) is 0 Å². The number of aromatic nitrogens is 2. The summed E-state index contributed by atoms with van der Waals surface area (Å²) in [7, 11) is 1.36. The van der Waals surface area contributed by atoms with Crippen molar-refractivity contribution in [1.29, 1.82) is 5.26 Å². The van der Waals surface area contributed by atoms with Crippen molar-refractivity contribution < 1.29 is 27.6 Å². The number of amides is 3. The number of benzene rings is 2. The highest BCUT2D eigenvalue weighted by molar-refractivity contribution is 6.07. The first-order valence-corrected chi connectivity index (χ1v) is 12.4. The summed E-state index contributed by atoms with van der Waals surface area (Å²) in [6.45, 7) is 3.67. The third kappa shape index (κ3) is 4.09. The number of carbonyl (C=O) groups excluding carboxylic acids is 3. The Morgan fingerprint density at radius 1 is 1.26 bits per heavy atom. The van der Waals surface area contributed by atoms with Gasteiger partial charge in [0.25, 0.3) is 5.91 Å². The van der Waals surface area contributed by atoms with Gasteiger partial charge in [-0.3, -0.25) is 14.4 Å². The number of likely N-dealkylation sites (tertiary alicyclic amines) is 1. The number of rotatable bonds is 5. The average molecular weight is 539 g/mol. The summed E-state index contributed by atoms with van der Waals surface area (Å²) in [5, 5.41) is 12.8. The van der Waals surface area contributed by atoms with Gasteiger partial charge in [-0.15, -0.1) is 0 Å². The van der Waals surface area contributed by atoms with E-state index in [0.29, 0.717) is 17.3 Å². The summed E-state index contributed by atoms with van der Waals surface area (Å²) < 4.78 is 41.6. The highest BCUT2D eigenvalue weighted by atomic mass is 19.2. The molecule has 39 heavy (non-hydrogen) atoms. The molecular formula is C27H25F3N6O3. The van der Waals surface area contributed by atoms with E-state index in [1.165, 1.54) is 11.9 Å². The van der Waals surface area contributed by atoms with E-state index < -0.39 is 58.1 Å². The number of nitriles is 1. The van der Waals surface area contributed by atoms with Crippen LogP contribution in [-0.4, -0.2) is 63.2 Å². The lowest BCUT2D eigenvalue weighted by Crippen LogP contribution is -2.52. The lowest BCUT2D eigenvalue weighted by molar-refractivity contribution is -0.136. The van der Waals surface area contributed by atoms with Gasteiger partial charge in [0.1, 0.15) is 17.6 Å². The second-order valence-electron chi connectivity index (χ2n) is 10.4. The third-order valence-corrected chi connectivity index (χ3v) is 7.50. The molecule has 3 aromatic rings. The van der Waals surface area contributed by atoms with Crippen molar-refractivity contribution in [3.63, 3.8) is 0 Å². The molecule has 1 aromatic heterocycles. The number of carbonyl (C=O) groups is 3. The molecule has 1 saturated heterocycles. The van der Waals surface area contributed by atoms with Crippen molar-refractivity contribution in [3.05, 3.63) is 59.2 Å². The number of hydrogen-bond acceptors (Lipinski definition) is 5. The van der Waals surface area contributed by atoms with Crippen molar-refractivity contribution in [2.45, 2.75) is 44.2 Å². The molecule has 202 valence electrons. The molecule has 2 aliphatic heterocycles. The van der Waals surface area contributed by atoms with E-state index in [2.05, 4.69) is 21.4 Å². The Hall–Kier alpha value is -4.40. The smallest absolute Gasteiger partial charge is 0.290 e. The standard InChI is InChI=1S/C27H25F3N6O3/c1-13(2)8-19(35(3)25(38)23-32-18-9-16(28)20(29)21(30)22(18)34-23)24(37)36-12-27(10-14(36)11-31)15-6-4-5-7-17(15)33-26(27)39/h4-7,9,13-14,19H,8,10,12H2,1-3H3,(H,32,34)(H,33,39)/t14-,19-,27-/m0/s1. The zero-order valence-electron chi connectivity index (χ0n) is 21.4. The fourth-order valence-corrected chi connectivity index (χ4v) is 5.52. The molecule has 2 aliphatic rings. The van der Waals surface area contributed by atoms with Gasteiger partial charge in [0.15, 0.2) is 23.3 Å². The van der Waals surface area contributed by atoms with Gasteiger partial charge in [0.2, 0.25) is 11.8 Å². The van der Waals surface area contributed by atoms with E-state index in [4.69, 9.17) is 0 Å². The lowest BCUT2D eigenvalue weighted by atomic mass is 9.80. The van der Waals surface area contributed by atoms with Gasteiger partial charge in [-0.1, -0.05) is 32.0 Å². The van der Waals surface area contributed by atoms with Gasteiger partial charge < -0.3 is 20.1 Å². The van der Waals surface area contributed by atoms with Crippen LogP contribution < -0.4 is 5.32 Å². The third-order valence-electron chi connectivity index (χ3n) is 7.50.